The molecule has 0 amide bonds. The van der Waals surface area contributed by atoms with Crippen molar-refractivity contribution in [3.63, 3.8) is 0 Å². The fourth-order valence-electron chi connectivity index (χ4n) is 2.21. The molecule has 0 saturated carbocycles. The summed E-state index contributed by atoms with van der Waals surface area (Å²) < 4.78 is 20.1. The maximum atomic E-state index is 11.4. The number of thiol groups is 1. The van der Waals surface area contributed by atoms with Gasteiger partial charge in [-0.25, -0.2) is 0 Å². The molecular formula is C14H20O8S2. The van der Waals surface area contributed by atoms with Crippen LogP contribution in [0.4, 0.5) is 0 Å². The molecule has 0 radical (unpaired) electrons. The van der Waals surface area contributed by atoms with E-state index in [2.05, 4.69) is 12.6 Å². The largest absolute Gasteiger partial charge is 0.465 e. The van der Waals surface area contributed by atoms with Crippen LogP contribution in [-0.2, 0) is 38.1 Å². The first-order valence-corrected chi connectivity index (χ1v) is 8.56. The van der Waals surface area contributed by atoms with Crippen molar-refractivity contribution in [2.24, 2.45) is 0 Å². The van der Waals surface area contributed by atoms with Crippen LogP contribution in [0.25, 0.3) is 0 Å². The van der Waals surface area contributed by atoms with Crippen molar-refractivity contribution in [2.75, 3.05) is 6.61 Å². The van der Waals surface area contributed by atoms with Crippen LogP contribution in [-0.4, -0.2) is 58.6 Å². The van der Waals surface area contributed by atoms with E-state index < -0.39 is 52.0 Å². The van der Waals surface area contributed by atoms with Gasteiger partial charge in [0.1, 0.15) is 6.61 Å². The number of hydrogen-bond acceptors (Lipinski definition) is 10. The second-order valence-electron chi connectivity index (χ2n) is 5.09. The van der Waals surface area contributed by atoms with E-state index in [9.17, 15) is 19.2 Å². The van der Waals surface area contributed by atoms with E-state index in [4.69, 9.17) is 18.9 Å². The number of carbonyl (C=O) groups is 4. The topological polar surface area (TPSA) is 105 Å². The van der Waals surface area contributed by atoms with Gasteiger partial charge in [0.25, 0.3) is 0 Å². The average Bonchev–Trinajstić information content (AvgIpc) is 2.42. The summed E-state index contributed by atoms with van der Waals surface area (Å²) in [6.07, 6.45) is -2.93. The summed E-state index contributed by atoms with van der Waals surface area (Å²) in [6, 6.07) is 0. The molecule has 136 valence electrons. The van der Waals surface area contributed by atoms with Gasteiger partial charge in [0.05, 0.1) is 9.83 Å². The standard InChI is InChI=1S/C14H20O8S2/c1-6(15)19-5-10-11(20-7(2)16)12(21-8(3)17)13(14(23)24-10)22-9(4)18/h10-14,23H,5H2,1-4H3/t10-,11+,12-,13+,14-/m0/s1. The van der Waals surface area contributed by atoms with E-state index in [0.717, 1.165) is 0 Å². The maximum absolute atomic E-state index is 11.4. The molecule has 0 aromatic carbocycles. The molecule has 0 unspecified atom stereocenters. The first-order valence-electron chi connectivity index (χ1n) is 7.10. The van der Waals surface area contributed by atoms with Crippen LogP contribution in [0.3, 0.4) is 0 Å². The van der Waals surface area contributed by atoms with Gasteiger partial charge in [-0.15, -0.1) is 11.8 Å². The van der Waals surface area contributed by atoms with Gasteiger partial charge in [0, 0.05) is 27.7 Å². The van der Waals surface area contributed by atoms with Gasteiger partial charge in [0.15, 0.2) is 18.3 Å². The van der Waals surface area contributed by atoms with E-state index in [1.807, 2.05) is 0 Å². The summed E-state index contributed by atoms with van der Waals surface area (Å²) in [5.41, 5.74) is 0. The molecular weight excluding hydrogens is 360 g/mol. The van der Waals surface area contributed by atoms with Crippen LogP contribution in [0, 0.1) is 0 Å². The monoisotopic (exact) mass is 380 g/mol. The highest BCUT2D eigenvalue weighted by Gasteiger charge is 2.50. The molecule has 0 aromatic rings. The Hall–Kier alpha value is -1.42. The Balaban J connectivity index is 3.11. The van der Waals surface area contributed by atoms with Gasteiger partial charge >= 0.3 is 23.9 Å². The summed E-state index contributed by atoms with van der Waals surface area (Å²) in [4.78, 5) is 45.2. The quantitative estimate of drug-likeness (QED) is 0.419. The molecule has 0 aromatic heterocycles. The van der Waals surface area contributed by atoms with Gasteiger partial charge in [0.2, 0.25) is 0 Å². The molecule has 0 aliphatic carbocycles. The first kappa shape index (κ1) is 20.6. The minimum Gasteiger partial charge on any atom is -0.465 e. The Kier molecular flexibility index (Phi) is 7.88. The molecule has 1 aliphatic rings. The van der Waals surface area contributed by atoms with Crippen LogP contribution in [0.15, 0.2) is 0 Å². The Morgan fingerprint density at radius 3 is 1.71 bits per heavy atom. The van der Waals surface area contributed by atoms with E-state index in [1.54, 1.807) is 0 Å². The zero-order chi connectivity index (χ0) is 18.4. The maximum Gasteiger partial charge on any atom is 0.303 e. The minimum atomic E-state index is -1.06. The van der Waals surface area contributed by atoms with Crippen molar-refractivity contribution in [1.82, 2.24) is 0 Å². The van der Waals surface area contributed by atoms with Crippen molar-refractivity contribution >= 4 is 48.3 Å². The van der Waals surface area contributed by atoms with E-state index in [0.29, 0.717) is 0 Å². The summed E-state index contributed by atoms with van der Waals surface area (Å²) in [6.45, 7) is 4.77. The molecule has 1 rings (SSSR count). The van der Waals surface area contributed by atoms with Crippen LogP contribution in [0.1, 0.15) is 27.7 Å². The van der Waals surface area contributed by atoms with Gasteiger partial charge in [-0.1, -0.05) is 0 Å². The number of thioether (sulfide) groups is 1. The van der Waals surface area contributed by atoms with E-state index in [-0.39, 0.29) is 6.61 Å². The summed E-state index contributed by atoms with van der Waals surface area (Å²) >= 11 is 5.56. The minimum absolute atomic E-state index is 0.0699. The Labute approximate surface area is 149 Å². The Morgan fingerprint density at radius 1 is 0.792 bits per heavy atom. The van der Waals surface area contributed by atoms with E-state index >= 15 is 0 Å². The second kappa shape index (κ2) is 9.16. The van der Waals surface area contributed by atoms with Gasteiger partial charge < -0.3 is 18.9 Å². The number of esters is 4. The van der Waals surface area contributed by atoms with Crippen LogP contribution >= 0.6 is 24.4 Å². The third-order valence-electron chi connectivity index (χ3n) is 2.97. The van der Waals surface area contributed by atoms with Gasteiger partial charge in [-0.3, -0.25) is 19.2 Å². The fourth-order valence-corrected chi connectivity index (χ4v) is 4.14. The number of ether oxygens (including phenoxy) is 4. The predicted molar refractivity (Wildman–Crippen MR) is 87.4 cm³/mol. The number of carbonyl (C=O) groups excluding carboxylic acids is 4. The highest BCUT2D eigenvalue weighted by atomic mass is 32.2. The lowest BCUT2D eigenvalue weighted by Crippen LogP contribution is -2.57. The summed E-state index contributed by atoms with van der Waals surface area (Å²) in [5.74, 6) is -2.33. The molecule has 1 fully saturated rings. The van der Waals surface area contributed by atoms with Gasteiger partial charge in [-0.05, 0) is 0 Å². The highest BCUT2D eigenvalue weighted by Crippen LogP contribution is 2.39. The van der Waals surface area contributed by atoms with Crippen molar-refractivity contribution in [1.29, 1.82) is 0 Å². The van der Waals surface area contributed by atoms with E-state index in [1.165, 1.54) is 39.5 Å². The SMILES string of the molecule is CC(=O)OC[C@@H]1S[C@H](S)[C@H](OC(C)=O)[C@@H](OC(C)=O)[C@@H]1OC(C)=O. The average molecular weight is 380 g/mol. The lowest BCUT2D eigenvalue weighted by atomic mass is 10.0. The molecule has 24 heavy (non-hydrogen) atoms. The normalized spacial score (nSPS) is 29.3. The zero-order valence-electron chi connectivity index (χ0n) is 13.7. The predicted octanol–water partition coefficient (Wildman–Crippen LogP) is 0.716. The molecule has 8 nitrogen and oxygen atoms in total. The van der Waals surface area contributed by atoms with Crippen LogP contribution in [0.2, 0.25) is 0 Å². The molecule has 1 saturated heterocycles. The molecule has 0 bridgehead atoms. The first-order chi connectivity index (χ1) is 11.1. The second-order valence-corrected chi connectivity index (χ2v) is 7.38. The smallest absolute Gasteiger partial charge is 0.303 e. The fraction of sp³-hybridized carbons (Fsp3) is 0.714. The summed E-state index contributed by atoms with van der Waals surface area (Å²) in [7, 11) is 0. The molecule has 5 atom stereocenters. The lowest BCUT2D eigenvalue weighted by molar-refractivity contribution is -0.183. The molecule has 1 heterocycles. The van der Waals surface area contributed by atoms with Crippen molar-refractivity contribution in [3.8, 4) is 0 Å². The van der Waals surface area contributed by atoms with Crippen LogP contribution in [0.5, 0.6) is 0 Å². The molecule has 10 heteroatoms. The van der Waals surface area contributed by atoms with Crippen LogP contribution < -0.4 is 0 Å². The molecule has 0 N–H and O–H groups in total. The third kappa shape index (κ3) is 6.23. The Bertz CT molecular complexity index is 509. The molecule has 0 spiro atoms. The van der Waals surface area contributed by atoms with Crippen molar-refractivity contribution < 1.29 is 38.1 Å². The summed E-state index contributed by atoms with van der Waals surface area (Å²) in [5, 5.41) is -0.531. The van der Waals surface area contributed by atoms with Crippen molar-refractivity contribution in [2.45, 2.75) is 55.8 Å². The number of rotatable bonds is 5. The highest BCUT2D eigenvalue weighted by molar-refractivity contribution is 8.10. The van der Waals surface area contributed by atoms with Crippen molar-refractivity contribution in [3.05, 3.63) is 0 Å². The zero-order valence-corrected chi connectivity index (χ0v) is 15.4. The lowest BCUT2D eigenvalue weighted by Gasteiger charge is -2.42. The molecule has 1 aliphatic heterocycles. The van der Waals surface area contributed by atoms with Gasteiger partial charge in [-0.2, -0.15) is 12.6 Å². The Morgan fingerprint density at radius 2 is 1.25 bits per heavy atom. The third-order valence-corrected chi connectivity index (χ3v) is 4.93. The number of hydrogen-bond donors (Lipinski definition) is 1.